The number of benzene rings is 1. The molecule has 0 bridgehead atoms. The third kappa shape index (κ3) is 3.67. The fourth-order valence-corrected chi connectivity index (χ4v) is 2.59. The molecule has 1 amide bonds. The maximum absolute atomic E-state index is 12.1. The number of aromatic amines is 1. The SMILES string of the molecule is CCCCC(NC(=O)Cc1c[nH]c2c(C)cccc12)C(=O)O. The van der Waals surface area contributed by atoms with E-state index in [0.29, 0.717) is 6.42 Å². The largest absolute Gasteiger partial charge is 0.480 e. The number of rotatable bonds is 7. The average Bonchev–Trinajstić information content (AvgIpc) is 2.88. The van der Waals surface area contributed by atoms with Gasteiger partial charge in [-0.1, -0.05) is 38.0 Å². The predicted molar refractivity (Wildman–Crippen MR) is 85.8 cm³/mol. The summed E-state index contributed by atoms with van der Waals surface area (Å²) in [4.78, 5) is 26.5. The molecule has 2 aromatic rings. The summed E-state index contributed by atoms with van der Waals surface area (Å²) < 4.78 is 0. The van der Waals surface area contributed by atoms with Gasteiger partial charge in [0.25, 0.3) is 0 Å². The average molecular weight is 302 g/mol. The minimum atomic E-state index is -0.975. The van der Waals surface area contributed by atoms with E-state index in [0.717, 1.165) is 34.9 Å². The number of fused-ring (bicyclic) bond motifs is 1. The molecule has 1 aromatic heterocycles. The zero-order valence-corrected chi connectivity index (χ0v) is 13.0. The van der Waals surface area contributed by atoms with Gasteiger partial charge in [0.15, 0.2) is 0 Å². The summed E-state index contributed by atoms with van der Waals surface area (Å²) in [6.45, 7) is 4.00. The molecule has 3 N–H and O–H groups in total. The molecule has 0 aliphatic carbocycles. The van der Waals surface area contributed by atoms with Crippen LogP contribution in [0.3, 0.4) is 0 Å². The number of aryl methyl sites for hydroxylation is 1. The van der Waals surface area contributed by atoms with Gasteiger partial charge >= 0.3 is 5.97 Å². The lowest BCUT2D eigenvalue weighted by Crippen LogP contribution is -2.41. The van der Waals surface area contributed by atoms with Crippen LogP contribution in [-0.4, -0.2) is 28.0 Å². The van der Waals surface area contributed by atoms with Gasteiger partial charge in [-0.2, -0.15) is 0 Å². The Hall–Kier alpha value is -2.30. The van der Waals surface area contributed by atoms with Gasteiger partial charge in [0.1, 0.15) is 6.04 Å². The first-order valence-electron chi connectivity index (χ1n) is 7.60. The summed E-state index contributed by atoms with van der Waals surface area (Å²) in [5, 5.41) is 12.8. The molecular formula is C17H22N2O3. The summed E-state index contributed by atoms with van der Waals surface area (Å²) in [5.74, 6) is -1.23. The van der Waals surface area contributed by atoms with E-state index in [2.05, 4.69) is 10.3 Å². The van der Waals surface area contributed by atoms with Crippen LogP contribution in [0.25, 0.3) is 10.9 Å². The van der Waals surface area contributed by atoms with Crippen molar-refractivity contribution in [3.8, 4) is 0 Å². The number of carboxylic acids is 1. The molecule has 1 aromatic carbocycles. The van der Waals surface area contributed by atoms with Crippen molar-refractivity contribution in [3.63, 3.8) is 0 Å². The number of nitrogens with one attached hydrogen (secondary N) is 2. The highest BCUT2D eigenvalue weighted by molar-refractivity contribution is 5.91. The second-order valence-electron chi connectivity index (χ2n) is 5.59. The Balaban J connectivity index is 2.07. The molecule has 0 radical (unpaired) electrons. The molecule has 118 valence electrons. The highest BCUT2D eigenvalue weighted by Crippen LogP contribution is 2.21. The lowest BCUT2D eigenvalue weighted by Gasteiger charge is -2.13. The second-order valence-corrected chi connectivity index (χ2v) is 5.59. The molecular weight excluding hydrogens is 280 g/mol. The van der Waals surface area contributed by atoms with E-state index in [1.54, 1.807) is 0 Å². The Kier molecular flexibility index (Phi) is 5.20. The molecule has 5 heteroatoms. The molecule has 1 heterocycles. The van der Waals surface area contributed by atoms with Crippen LogP contribution in [0, 0.1) is 6.92 Å². The maximum Gasteiger partial charge on any atom is 0.326 e. The van der Waals surface area contributed by atoms with E-state index < -0.39 is 12.0 Å². The summed E-state index contributed by atoms with van der Waals surface area (Å²) in [6.07, 6.45) is 4.15. The van der Waals surface area contributed by atoms with E-state index in [1.807, 2.05) is 38.2 Å². The zero-order valence-electron chi connectivity index (χ0n) is 13.0. The van der Waals surface area contributed by atoms with Crippen LogP contribution in [0.15, 0.2) is 24.4 Å². The van der Waals surface area contributed by atoms with Gasteiger partial charge in [0.05, 0.1) is 6.42 Å². The van der Waals surface area contributed by atoms with Gasteiger partial charge in [0.2, 0.25) is 5.91 Å². The van der Waals surface area contributed by atoms with Crippen molar-refractivity contribution in [1.29, 1.82) is 0 Å². The van der Waals surface area contributed by atoms with E-state index in [4.69, 9.17) is 5.11 Å². The number of H-pyrrole nitrogens is 1. The molecule has 2 rings (SSSR count). The van der Waals surface area contributed by atoms with Gasteiger partial charge in [-0.15, -0.1) is 0 Å². The molecule has 0 fully saturated rings. The van der Waals surface area contributed by atoms with Crippen molar-refractivity contribution in [1.82, 2.24) is 10.3 Å². The topological polar surface area (TPSA) is 82.2 Å². The number of carbonyl (C=O) groups is 2. The van der Waals surface area contributed by atoms with Crippen LogP contribution in [0.1, 0.15) is 37.3 Å². The van der Waals surface area contributed by atoms with Crippen LogP contribution >= 0.6 is 0 Å². The second kappa shape index (κ2) is 7.11. The van der Waals surface area contributed by atoms with E-state index >= 15 is 0 Å². The zero-order chi connectivity index (χ0) is 16.1. The number of unbranched alkanes of at least 4 members (excludes halogenated alkanes) is 1. The first-order valence-corrected chi connectivity index (χ1v) is 7.60. The fourth-order valence-electron chi connectivity index (χ4n) is 2.59. The lowest BCUT2D eigenvalue weighted by molar-refractivity contribution is -0.141. The standard InChI is InChI=1S/C17H22N2O3/c1-3-4-8-14(17(21)22)19-15(20)9-12-10-18-16-11(2)6-5-7-13(12)16/h5-7,10,14,18H,3-4,8-9H2,1-2H3,(H,19,20)(H,21,22). The minimum Gasteiger partial charge on any atom is -0.480 e. The smallest absolute Gasteiger partial charge is 0.326 e. The number of aromatic nitrogens is 1. The quantitative estimate of drug-likeness (QED) is 0.735. The van der Waals surface area contributed by atoms with Crippen molar-refractivity contribution in [2.24, 2.45) is 0 Å². The summed E-state index contributed by atoms with van der Waals surface area (Å²) in [6, 6.07) is 5.12. The molecule has 0 saturated heterocycles. The lowest BCUT2D eigenvalue weighted by atomic mass is 10.1. The fraction of sp³-hybridized carbons (Fsp3) is 0.412. The maximum atomic E-state index is 12.1. The van der Waals surface area contributed by atoms with E-state index in [9.17, 15) is 9.59 Å². The first-order chi connectivity index (χ1) is 10.5. The number of para-hydroxylation sites is 1. The number of amides is 1. The van der Waals surface area contributed by atoms with Crippen molar-refractivity contribution in [2.75, 3.05) is 0 Å². The van der Waals surface area contributed by atoms with Crippen molar-refractivity contribution >= 4 is 22.8 Å². The highest BCUT2D eigenvalue weighted by Gasteiger charge is 2.20. The van der Waals surface area contributed by atoms with Gasteiger partial charge in [-0.25, -0.2) is 4.79 Å². The third-order valence-electron chi connectivity index (χ3n) is 3.84. The Bertz CT molecular complexity index is 676. The number of carbonyl (C=O) groups excluding carboxylic acids is 1. The summed E-state index contributed by atoms with van der Waals surface area (Å²) in [5.41, 5.74) is 3.03. The number of aliphatic carboxylic acids is 1. The van der Waals surface area contributed by atoms with Crippen LogP contribution in [0.4, 0.5) is 0 Å². The summed E-state index contributed by atoms with van der Waals surface area (Å²) in [7, 11) is 0. The van der Waals surface area contributed by atoms with E-state index in [1.165, 1.54) is 0 Å². The van der Waals surface area contributed by atoms with Crippen molar-refractivity contribution in [2.45, 2.75) is 45.6 Å². The normalized spacial score (nSPS) is 12.3. The molecule has 0 aliphatic rings. The van der Waals surface area contributed by atoms with Crippen LogP contribution in [0.5, 0.6) is 0 Å². The van der Waals surface area contributed by atoms with Gasteiger partial charge < -0.3 is 15.4 Å². The Morgan fingerprint density at radius 1 is 1.36 bits per heavy atom. The molecule has 5 nitrogen and oxygen atoms in total. The predicted octanol–water partition coefficient (Wildman–Crippen LogP) is 2.78. The first kappa shape index (κ1) is 16.1. The number of hydrogen-bond acceptors (Lipinski definition) is 2. The number of carboxylic acid groups (broad SMARTS) is 1. The van der Waals surface area contributed by atoms with Crippen LogP contribution in [-0.2, 0) is 16.0 Å². The Labute approximate surface area is 129 Å². The van der Waals surface area contributed by atoms with Gasteiger partial charge in [-0.3, -0.25) is 4.79 Å². The Morgan fingerprint density at radius 2 is 2.14 bits per heavy atom. The molecule has 0 aliphatic heterocycles. The molecule has 0 saturated carbocycles. The van der Waals surface area contributed by atoms with Crippen molar-refractivity contribution < 1.29 is 14.7 Å². The molecule has 1 unspecified atom stereocenters. The highest BCUT2D eigenvalue weighted by atomic mass is 16.4. The minimum absolute atomic E-state index is 0.180. The van der Waals surface area contributed by atoms with Gasteiger partial charge in [0, 0.05) is 17.1 Å². The van der Waals surface area contributed by atoms with E-state index in [-0.39, 0.29) is 12.3 Å². The molecule has 1 atom stereocenters. The van der Waals surface area contributed by atoms with Gasteiger partial charge in [-0.05, 0) is 24.5 Å². The van der Waals surface area contributed by atoms with Crippen molar-refractivity contribution in [3.05, 3.63) is 35.5 Å². The number of hydrogen-bond donors (Lipinski definition) is 3. The monoisotopic (exact) mass is 302 g/mol. The molecule has 0 spiro atoms. The van der Waals surface area contributed by atoms with Crippen LogP contribution < -0.4 is 5.32 Å². The third-order valence-corrected chi connectivity index (χ3v) is 3.84. The summed E-state index contributed by atoms with van der Waals surface area (Å²) >= 11 is 0. The molecule has 22 heavy (non-hydrogen) atoms. The van der Waals surface area contributed by atoms with Crippen LogP contribution in [0.2, 0.25) is 0 Å². The Morgan fingerprint density at radius 3 is 2.82 bits per heavy atom.